The Labute approximate surface area is 235 Å². The van der Waals surface area contributed by atoms with Crippen molar-refractivity contribution in [1.82, 2.24) is 10.2 Å². The Kier molecular flexibility index (Phi) is 10.4. The van der Waals surface area contributed by atoms with Crippen LogP contribution in [0.15, 0.2) is 77.7 Å². The molecule has 0 spiro atoms. The van der Waals surface area contributed by atoms with Crippen molar-refractivity contribution in [3.8, 4) is 5.75 Å². The summed E-state index contributed by atoms with van der Waals surface area (Å²) < 4.78 is 34.3. The lowest BCUT2D eigenvalue weighted by Gasteiger charge is -2.32. The number of ether oxygens (including phenoxy) is 1. The fourth-order valence-corrected chi connectivity index (χ4v) is 5.50. The first kappa shape index (κ1) is 30.0. The van der Waals surface area contributed by atoms with Crippen molar-refractivity contribution in [2.24, 2.45) is 0 Å². The van der Waals surface area contributed by atoms with E-state index < -0.39 is 28.5 Å². The number of aryl methyl sites for hydroxylation is 1. The molecule has 3 rings (SSSR count). The van der Waals surface area contributed by atoms with Gasteiger partial charge in [-0.3, -0.25) is 13.9 Å². The summed E-state index contributed by atoms with van der Waals surface area (Å²) in [7, 11) is -2.75. The zero-order chi connectivity index (χ0) is 28.6. The lowest BCUT2D eigenvalue weighted by Crippen LogP contribution is -2.51. The monoisotopic (exact) mass is 571 g/mol. The second kappa shape index (κ2) is 13.5. The van der Waals surface area contributed by atoms with Gasteiger partial charge in [0, 0.05) is 18.1 Å². The van der Waals surface area contributed by atoms with Gasteiger partial charge in [-0.05, 0) is 62.2 Å². The molecule has 0 aromatic heterocycles. The molecule has 0 aliphatic heterocycles. The van der Waals surface area contributed by atoms with Crippen LogP contribution in [0, 0.1) is 6.92 Å². The van der Waals surface area contributed by atoms with Crippen LogP contribution in [0.25, 0.3) is 0 Å². The zero-order valence-electron chi connectivity index (χ0n) is 22.6. The molecule has 0 saturated carbocycles. The van der Waals surface area contributed by atoms with E-state index in [-0.39, 0.29) is 23.0 Å². The van der Waals surface area contributed by atoms with E-state index in [1.54, 1.807) is 67.6 Å². The zero-order valence-corrected chi connectivity index (χ0v) is 24.1. The number of hydrogen-bond donors (Lipinski definition) is 1. The molecule has 0 aliphatic rings. The van der Waals surface area contributed by atoms with Crippen LogP contribution in [0.1, 0.15) is 31.4 Å². The average molecular weight is 572 g/mol. The summed E-state index contributed by atoms with van der Waals surface area (Å²) >= 11 is 6.03. The van der Waals surface area contributed by atoms with Crippen LogP contribution in [-0.2, 0) is 26.2 Å². The number of amides is 2. The first-order valence-corrected chi connectivity index (χ1v) is 14.4. The van der Waals surface area contributed by atoms with E-state index >= 15 is 0 Å². The van der Waals surface area contributed by atoms with E-state index in [0.29, 0.717) is 17.3 Å². The predicted molar refractivity (Wildman–Crippen MR) is 153 cm³/mol. The van der Waals surface area contributed by atoms with Crippen molar-refractivity contribution in [3.05, 3.63) is 88.9 Å². The quantitative estimate of drug-likeness (QED) is 0.337. The van der Waals surface area contributed by atoms with Crippen LogP contribution >= 0.6 is 11.6 Å². The molecule has 2 amide bonds. The number of hydrogen-bond acceptors (Lipinski definition) is 5. The molecule has 3 aromatic carbocycles. The molecule has 0 fully saturated rings. The minimum Gasteiger partial charge on any atom is -0.495 e. The van der Waals surface area contributed by atoms with E-state index in [0.717, 1.165) is 21.9 Å². The SMILES string of the molecule is CCCNC(=O)[C@H](C)N(Cc1ccc(Cl)cc1)C(=O)CN(c1ccccc1OC)S(=O)(=O)c1ccc(C)cc1. The maximum Gasteiger partial charge on any atom is 0.264 e. The second-order valence-electron chi connectivity index (χ2n) is 9.11. The van der Waals surface area contributed by atoms with E-state index in [2.05, 4.69) is 5.32 Å². The third-order valence-electron chi connectivity index (χ3n) is 6.22. The minimum absolute atomic E-state index is 0.0322. The van der Waals surface area contributed by atoms with Crippen molar-refractivity contribution in [1.29, 1.82) is 0 Å². The van der Waals surface area contributed by atoms with Crippen LogP contribution in [0.4, 0.5) is 5.69 Å². The van der Waals surface area contributed by atoms with Crippen molar-refractivity contribution in [2.45, 2.75) is 44.7 Å². The van der Waals surface area contributed by atoms with Crippen molar-refractivity contribution in [3.63, 3.8) is 0 Å². The van der Waals surface area contributed by atoms with Crippen molar-refractivity contribution in [2.75, 3.05) is 24.5 Å². The van der Waals surface area contributed by atoms with Gasteiger partial charge in [0.15, 0.2) is 0 Å². The molecule has 1 N–H and O–H groups in total. The summed E-state index contributed by atoms with van der Waals surface area (Å²) in [4.78, 5) is 28.3. The normalized spacial score (nSPS) is 11.9. The number of anilines is 1. The molecule has 10 heteroatoms. The Morgan fingerprint density at radius 2 is 1.64 bits per heavy atom. The van der Waals surface area contributed by atoms with Crippen molar-refractivity contribution < 1.29 is 22.7 Å². The number of nitrogens with one attached hydrogen (secondary N) is 1. The summed E-state index contributed by atoms with van der Waals surface area (Å²) in [5.41, 5.74) is 1.85. The van der Waals surface area contributed by atoms with E-state index in [1.165, 1.54) is 24.1 Å². The van der Waals surface area contributed by atoms with Gasteiger partial charge < -0.3 is 15.0 Å². The van der Waals surface area contributed by atoms with Gasteiger partial charge in [0.25, 0.3) is 10.0 Å². The Bertz CT molecular complexity index is 1380. The first-order valence-electron chi connectivity index (χ1n) is 12.6. The molecule has 8 nitrogen and oxygen atoms in total. The highest BCUT2D eigenvalue weighted by atomic mass is 35.5. The highest BCUT2D eigenvalue weighted by molar-refractivity contribution is 7.92. The van der Waals surface area contributed by atoms with Crippen LogP contribution < -0.4 is 14.4 Å². The van der Waals surface area contributed by atoms with Crippen LogP contribution in [-0.4, -0.2) is 51.4 Å². The number of benzene rings is 3. The molecular formula is C29H34ClN3O5S. The molecule has 0 aliphatic carbocycles. The fourth-order valence-electron chi connectivity index (χ4n) is 3.95. The van der Waals surface area contributed by atoms with Crippen molar-refractivity contribution >= 4 is 39.1 Å². The van der Waals surface area contributed by atoms with E-state index in [1.807, 2.05) is 13.8 Å². The number of rotatable bonds is 12. The summed E-state index contributed by atoms with van der Waals surface area (Å²) in [5, 5.41) is 3.36. The maximum atomic E-state index is 13.9. The first-order chi connectivity index (χ1) is 18.6. The summed E-state index contributed by atoms with van der Waals surface area (Å²) in [6, 6.07) is 19.1. The Morgan fingerprint density at radius 1 is 1.00 bits per heavy atom. The molecule has 3 aromatic rings. The highest BCUT2D eigenvalue weighted by Crippen LogP contribution is 2.32. The lowest BCUT2D eigenvalue weighted by atomic mass is 10.1. The number of carbonyl (C=O) groups excluding carboxylic acids is 2. The average Bonchev–Trinajstić information content (AvgIpc) is 2.93. The van der Waals surface area contributed by atoms with Gasteiger partial charge >= 0.3 is 0 Å². The maximum absolute atomic E-state index is 13.9. The number of nitrogens with zero attached hydrogens (tertiary/aromatic N) is 2. The molecule has 0 bridgehead atoms. The minimum atomic E-state index is -4.18. The Morgan fingerprint density at radius 3 is 2.26 bits per heavy atom. The predicted octanol–water partition coefficient (Wildman–Crippen LogP) is 4.80. The number of para-hydroxylation sites is 2. The number of carbonyl (C=O) groups is 2. The highest BCUT2D eigenvalue weighted by Gasteiger charge is 2.33. The molecule has 0 heterocycles. The second-order valence-corrected chi connectivity index (χ2v) is 11.4. The van der Waals surface area contributed by atoms with Gasteiger partial charge in [0.1, 0.15) is 18.3 Å². The Hall–Kier alpha value is -3.56. The summed E-state index contributed by atoms with van der Waals surface area (Å²) in [6.07, 6.45) is 0.736. The smallest absolute Gasteiger partial charge is 0.264 e. The third-order valence-corrected chi connectivity index (χ3v) is 8.25. The fraction of sp³-hybridized carbons (Fsp3) is 0.310. The van der Waals surface area contributed by atoms with Gasteiger partial charge in [-0.25, -0.2) is 8.42 Å². The Balaban J connectivity index is 2.05. The number of halogens is 1. The van der Waals surface area contributed by atoms with E-state index in [9.17, 15) is 18.0 Å². The number of sulfonamides is 1. The van der Waals surface area contributed by atoms with Gasteiger partial charge in [-0.15, -0.1) is 0 Å². The van der Waals surface area contributed by atoms with Gasteiger partial charge in [-0.1, -0.05) is 60.5 Å². The largest absolute Gasteiger partial charge is 0.495 e. The molecule has 208 valence electrons. The van der Waals surface area contributed by atoms with Crippen LogP contribution in [0.5, 0.6) is 5.75 Å². The summed E-state index contributed by atoms with van der Waals surface area (Å²) in [6.45, 7) is 5.42. The molecule has 1 atom stereocenters. The molecular weight excluding hydrogens is 538 g/mol. The molecule has 39 heavy (non-hydrogen) atoms. The molecule has 0 radical (unpaired) electrons. The van der Waals surface area contributed by atoms with Crippen LogP contribution in [0.2, 0.25) is 5.02 Å². The summed E-state index contributed by atoms with van der Waals surface area (Å²) in [5.74, 6) is -0.589. The van der Waals surface area contributed by atoms with Crippen LogP contribution in [0.3, 0.4) is 0 Å². The van der Waals surface area contributed by atoms with E-state index in [4.69, 9.17) is 16.3 Å². The standard InChI is InChI=1S/C29H34ClN3O5S/c1-5-18-31-29(35)22(3)32(19-23-12-14-24(30)15-13-23)28(34)20-33(26-8-6-7-9-27(26)38-4)39(36,37)25-16-10-21(2)11-17-25/h6-17,22H,5,18-20H2,1-4H3,(H,31,35)/t22-/m0/s1. The number of methoxy groups -OCH3 is 1. The molecule has 0 saturated heterocycles. The lowest BCUT2D eigenvalue weighted by molar-refractivity contribution is -0.139. The van der Waals surface area contributed by atoms with Gasteiger partial charge in [0.2, 0.25) is 11.8 Å². The van der Waals surface area contributed by atoms with Gasteiger partial charge in [-0.2, -0.15) is 0 Å². The topological polar surface area (TPSA) is 96.0 Å². The third kappa shape index (κ3) is 7.52. The molecule has 0 unspecified atom stereocenters. The van der Waals surface area contributed by atoms with Gasteiger partial charge in [0.05, 0.1) is 17.7 Å².